The maximum absolute atomic E-state index is 12.8. The van der Waals surface area contributed by atoms with Gasteiger partial charge in [0, 0.05) is 43.7 Å². The molecule has 1 aliphatic heterocycles. The van der Waals surface area contributed by atoms with E-state index in [4.69, 9.17) is 4.42 Å². The molecule has 0 spiro atoms. The molecule has 3 rings (SSSR count). The molecule has 0 aromatic carbocycles. The largest absolute Gasteiger partial charge is 0.466 e. The van der Waals surface area contributed by atoms with Crippen molar-refractivity contribution in [3.8, 4) is 0 Å². The highest BCUT2D eigenvalue weighted by Crippen LogP contribution is 2.23. The van der Waals surface area contributed by atoms with Gasteiger partial charge in [-0.2, -0.15) is 0 Å². The Morgan fingerprint density at radius 1 is 1.17 bits per heavy atom. The molecule has 0 radical (unpaired) electrons. The summed E-state index contributed by atoms with van der Waals surface area (Å²) in [4.78, 5) is 21.6. The summed E-state index contributed by atoms with van der Waals surface area (Å²) in [6.45, 7) is 11.9. The van der Waals surface area contributed by atoms with Crippen LogP contribution in [0.5, 0.6) is 0 Å². The van der Waals surface area contributed by atoms with Crippen molar-refractivity contribution in [1.82, 2.24) is 14.8 Å². The summed E-state index contributed by atoms with van der Waals surface area (Å²) in [6, 6.07) is 0. The Morgan fingerprint density at radius 2 is 1.87 bits per heavy atom. The second-order valence-electron chi connectivity index (χ2n) is 6.14. The lowest BCUT2D eigenvalue weighted by atomic mass is 10.1. The van der Waals surface area contributed by atoms with Crippen LogP contribution in [-0.2, 0) is 6.54 Å². The number of hydrogen-bond acceptors (Lipinski definition) is 5. The maximum atomic E-state index is 12.8. The third kappa shape index (κ3) is 3.33. The Bertz CT molecular complexity index is 711. The van der Waals surface area contributed by atoms with Crippen molar-refractivity contribution in [2.24, 2.45) is 0 Å². The van der Waals surface area contributed by atoms with Gasteiger partial charge in [-0.1, -0.05) is 0 Å². The molecule has 2 aromatic heterocycles. The molecule has 0 aliphatic carbocycles. The standard InChI is InChI=1S/C17H23N3O2S/c1-11-12(2)22-13(3)16(11)17(21)20-7-5-19(6-8-20)9-15-10-23-14(4)18-15/h10H,5-9H2,1-4H3. The fraction of sp³-hybridized carbons (Fsp3) is 0.529. The van der Waals surface area contributed by atoms with Gasteiger partial charge in [0.05, 0.1) is 16.3 Å². The predicted octanol–water partition coefficient (Wildman–Crippen LogP) is 2.93. The number of amides is 1. The highest BCUT2D eigenvalue weighted by Gasteiger charge is 2.27. The normalized spacial score (nSPS) is 16.1. The molecule has 0 saturated carbocycles. The van der Waals surface area contributed by atoms with Crippen LogP contribution in [-0.4, -0.2) is 46.9 Å². The molecule has 0 atom stereocenters. The molecule has 124 valence electrons. The highest BCUT2D eigenvalue weighted by atomic mass is 32.1. The molecular weight excluding hydrogens is 310 g/mol. The van der Waals surface area contributed by atoms with E-state index in [0.29, 0.717) is 0 Å². The fourth-order valence-electron chi connectivity index (χ4n) is 3.09. The average molecular weight is 333 g/mol. The summed E-state index contributed by atoms with van der Waals surface area (Å²) in [5.74, 6) is 1.66. The van der Waals surface area contributed by atoms with Crippen LogP contribution in [0.25, 0.3) is 0 Å². The Labute approximate surface area is 140 Å². The van der Waals surface area contributed by atoms with Gasteiger partial charge in [-0.25, -0.2) is 4.98 Å². The first-order valence-electron chi connectivity index (χ1n) is 7.95. The molecule has 5 nitrogen and oxygen atoms in total. The lowest BCUT2D eigenvalue weighted by Crippen LogP contribution is -2.48. The second kappa shape index (κ2) is 6.45. The van der Waals surface area contributed by atoms with Crippen molar-refractivity contribution in [1.29, 1.82) is 0 Å². The minimum atomic E-state index is 0.0982. The predicted molar refractivity (Wildman–Crippen MR) is 91.0 cm³/mol. The van der Waals surface area contributed by atoms with Gasteiger partial charge >= 0.3 is 0 Å². The van der Waals surface area contributed by atoms with Gasteiger partial charge in [0.1, 0.15) is 11.5 Å². The van der Waals surface area contributed by atoms with Crippen molar-refractivity contribution < 1.29 is 9.21 Å². The summed E-state index contributed by atoms with van der Waals surface area (Å²) in [5.41, 5.74) is 2.84. The van der Waals surface area contributed by atoms with E-state index in [9.17, 15) is 4.79 Å². The summed E-state index contributed by atoms with van der Waals surface area (Å²) < 4.78 is 5.59. The summed E-state index contributed by atoms with van der Waals surface area (Å²) in [7, 11) is 0. The summed E-state index contributed by atoms with van der Waals surface area (Å²) in [5, 5.41) is 3.23. The van der Waals surface area contributed by atoms with Crippen LogP contribution in [0.2, 0.25) is 0 Å². The van der Waals surface area contributed by atoms with Crippen molar-refractivity contribution >= 4 is 17.2 Å². The second-order valence-corrected chi connectivity index (χ2v) is 7.20. The van der Waals surface area contributed by atoms with Crippen molar-refractivity contribution in [2.45, 2.75) is 34.2 Å². The number of hydrogen-bond donors (Lipinski definition) is 0. The minimum Gasteiger partial charge on any atom is -0.466 e. The first-order chi connectivity index (χ1) is 11.0. The third-order valence-electron chi connectivity index (χ3n) is 4.49. The van der Waals surface area contributed by atoms with Gasteiger partial charge in [0.15, 0.2) is 0 Å². The lowest BCUT2D eigenvalue weighted by molar-refractivity contribution is 0.0625. The van der Waals surface area contributed by atoms with Crippen molar-refractivity contribution in [2.75, 3.05) is 26.2 Å². The molecule has 0 bridgehead atoms. The SMILES string of the molecule is Cc1nc(CN2CCN(C(=O)c3c(C)oc(C)c3C)CC2)cs1. The van der Waals surface area contributed by atoms with E-state index in [1.54, 1.807) is 11.3 Å². The average Bonchev–Trinajstić information content (AvgIpc) is 3.03. The number of piperazine rings is 1. The Morgan fingerprint density at radius 3 is 2.39 bits per heavy atom. The number of nitrogens with zero attached hydrogens (tertiary/aromatic N) is 3. The smallest absolute Gasteiger partial charge is 0.257 e. The quantitative estimate of drug-likeness (QED) is 0.866. The zero-order valence-corrected chi connectivity index (χ0v) is 15.0. The third-order valence-corrected chi connectivity index (χ3v) is 5.31. The van der Waals surface area contributed by atoms with Gasteiger partial charge in [0.2, 0.25) is 0 Å². The first kappa shape index (κ1) is 16.2. The molecule has 3 heterocycles. The molecule has 1 saturated heterocycles. The highest BCUT2D eigenvalue weighted by molar-refractivity contribution is 7.09. The number of carbonyl (C=O) groups excluding carboxylic acids is 1. The number of thiazole rings is 1. The van der Waals surface area contributed by atoms with E-state index >= 15 is 0 Å². The number of aryl methyl sites for hydroxylation is 3. The number of rotatable bonds is 3. The molecule has 23 heavy (non-hydrogen) atoms. The summed E-state index contributed by atoms with van der Waals surface area (Å²) in [6.07, 6.45) is 0. The molecule has 1 fully saturated rings. The van der Waals surface area contributed by atoms with E-state index < -0.39 is 0 Å². The summed E-state index contributed by atoms with van der Waals surface area (Å²) >= 11 is 1.69. The van der Waals surface area contributed by atoms with Crippen molar-refractivity contribution in [3.05, 3.63) is 38.7 Å². The van der Waals surface area contributed by atoms with Gasteiger partial charge in [-0.05, 0) is 27.7 Å². The minimum absolute atomic E-state index is 0.0982. The van der Waals surface area contributed by atoms with Crippen molar-refractivity contribution in [3.63, 3.8) is 0 Å². The number of aromatic nitrogens is 1. The monoisotopic (exact) mass is 333 g/mol. The fourth-order valence-corrected chi connectivity index (χ4v) is 3.69. The van der Waals surface area contributed by atoms with E-state index in [0.717, 1.165) is 66.1 Å². The van der Waals surface area contributed by atoms with Crippen LogP contribution in [0, 0.1) is 27.7 Å². The van der Waals surface area contributed by atoms with Gasteiger partial charge in [0.25, 0.3) is 5.91 Å². The van der Waals surface area contributed by atoms with Crippen LogP contribution in [0.3, 0.4) is 0 Å². The van der Waals surface area contributed by atoms with Gasteiger partial charge in [-0.15, -0.1) is 11.3 Å². The Hall–Kier alpha value is -1.66. The zero-order valence-electron chi connectivity index (χ0n) is 14.2. The van der Waals surface area contributed by atoms with Crippen LogP contribution < -0.4 is 0 Å². The molecule has 6 heteroatoms. The zero-order chi connectivity index (χ0) is 16.6. The van der Waals surface area contributed by atoms with Crippen LogP contribution in [0.15, 0.2) is 9.80 Å². The molecule has 0 N–H and O–H groups in total. The van der Waals surface area contributed by atoms with Crippen LogP contribution in [0.1, 0.15) is 38.1 Å². The molecular formula is C17H23N3O2S. The number of carbonyl (C=O) groups is 1. The lowest BCUT2D eigenvalue weighted by Gasteiger charge is -2.34. The molecule has 1 aliphatic rings. The van der Waals surface area contributed by atoms with E-state index in [2.05, 4.69) is 15.3 Å². The first-order valence-corrected chi connectivity index (χ1v) is 8.83. The van der Waals surface area contributed by atoms with E-state index in [1.165, 1.54) is 0 Å². The maximum Gasteiger partial charge on any atom is 0.257 e. The van der Waals surface area contributed by atoms with Crippen LogP contribution in [0.4, 0.5) is 0 Å². The molecule has 2 aromatic rings. The Balaban J connectivity index is 1.61. The van der Waals surface area contributed by atoms with E-state index in [-0.39, 0.29) is 5.91 Å². The molecule has 0 unspecified atom stereocenters. The van der Waals surface area contributed by atoms with Gasteiger partial charge < -0.3 is 9.32 Å². The van der Waals surface area contributed by atoms with Gasteiger partial charge in [-0.3, -0.25) is 9.69 Å². The topological polar surface area (TPSA) is 49.6 Å². The number of furan rings is 1. The van der Waals surface area contributed by atoms with E-state index in [1.807, 2.05) is 32.6 Å². The Kier molecular flexibility index (Phi) is 4.55. The van der Waals surface area contributed by atoms with Crippen LogP contribution >= 0.6 is 11.3 Å². The molecule has 1 amide bonds.